The van der Waals surface area contributed by atoms with Gasteiger partial charge in [-0.2, -0.15) is 0 Å². The summed E-state index contributed by atoms with van der Waals surface area (Å²) in [7, 11) is 0. The van der Waals surface area contributed by atoms with E-state index in [9.17, 15) is 0 Å². The molecule has 0 spiro atoms. The molecule has 0 amide bonds. The first-order valence-electron chi connectivity index (χ1n) is 4.81. The Morgan fingerprint density at radius 2 is 1.93 bits per heavy atom. The zero-order valence-electron chi connectivity index (χ0n) is 8.61. The van der Waals surface area contributed by atoms with Gasteiger partial charge in [0.05, 0.1) is 0 Å². The van der Waals surface area contributed by atoms with Crippen LogP contribution >= 0.6 is 11.6 Å². The molecule has 0 N–H and O–H groups in total. The van der Waals surface area contributed by atoms with E-state index >= 15 is 0 Å². The predicted molar refractivity (Wildman–Crippen MR) is 63.8 cm³/mol. The third kappa shape index (κ3) is 2.82. The number of halogens is 1. The number of benzene rings is 1. The molecule has 80 valence electrons. The molecule has 2 unspecified atom stereocenters. The number of aliphatic imine (C=N–C) groups is 1. The molecular weight excluding hydrogens is 277 g/mol. The van der Waals surface area contributed by atoms with Gasteiger partial charge < -0.3 is 0 Å². The van der Waals surface area contributed by atoms with Gasteiger partial charge in [0.2, 0.25) is 0 Å². The molecule has 1 aliphatic rings. The molecule has 0 fully saturated rings. The van der Waals surface area contributed by atoms with Crippen LogP contribution in [-0.4, -0.2) is 30.8 Å². The second-order valence-corrected chi connectivity index (χ2v) is 6.50. The van der Waals surface area contributed by atoms with E-state index in [0.717, 1.165) is 5.02 Å². The third-order valence-electron chi connectivity index (χ3n) is 2.06. The Kier molecular flexibility index (Phi) is 3.47. The number of rotatable bonds is 1. The van der Waals surface area contributed by atoms with E-state index in [2.05, 4.69) is 11.9 Å². The van der Waals surface area contributed by atoms with Crippen molar-refractivity contribution >= 4 is 31.2 Å². The van der Waals surface area contributed by atoms with E-state index in [-0.39, 0.29) is 6.23 Å². The first-order valence-corrected chi connectivity index (χ1v) is 7.03. The molecule has 2 atom stereocenters. The van der Waals surface area contributed by atoms with Crippen LogP contribution in [0.5, 0.6) is 0 Å². The average Bonchev–Trinajstić information content (AvgIpc) is 2.17. The summed E-state index contributed by atoms with van der Waals surface area (Å²) < 4.78 is 6.75. The summed E-state index contributed by atoms with van der Waals surface area (Å²) >= 11 is 6.14. The monoisotopic (exact) mass is 289 g/mol. The predicted octanol–water partition coefficient (Wildman–Crippen LogP) is 2.51. The van der Waals surface area contributed by atoms with Gasteiger partial charge in [-0.3, -0.25) is 0 Å². The van der Waals surface area contributed by atoms with Crippen LogP contribution in [-0.2, 0) is 4.74 Å². The number of hydrogen-bond donors (Lipinski definition) is 0. The molecule has 0 bridgehead atoms. The van der Waals surface area contributed by atoms with Gasteiger partial charge in [-0.15, -0.1) is 0 Å². The molecule has 2 rings (SSSR count). The van der Waals surface area contributed by atoms with Gasteiger partial charge in [-0.05, 0) is 0 Å². The Bertz CT molecular complexity index is 377. The van der Waals surface area contributed by atoms with Crippen molar-refractivity contribution in [1.82, 2.24) is 0 Å². The van der Waals surface area contributed by atoms with Crippen LogP contribution in [0, 0.1) is 0 Å². The third-order valence-corrected chi connectivity index (χ3v) is 4.42. The quantitative estimate of drug-likeness (QED) is 0.728. The second kappa shape index (κ2) is 4.67. The minimum atomic E-state index is -0.0266. The number of nitrogens with zero attached hydrogens (tertiary/aromatic N) is 1. The van der Waals surface area contributed by atoms with Crippen molar-refractivity contribution in [3.8, 4) is 0 Å². The van der Waals surface area contributed by atoms with Gasteiger partial charge in [0.25, 0.3) is 0 Å². The van der Waals surface area contributed by atoms with Crippen molar-refractivity contribution in [3.05, 3.63) is 34.9 Å². The maximum absolute atomic E-state index is 5.85. The Morgan fingerprint density at radius 3 is 2.53 bits per heavy atom. The molecule has 0 radical (unpaired) electrons. The molecule has 1 aromatic rings. The molecule has 0 saturated heterocycles. The molecule has 0 aromatic heterocycles. The van der Waals surface area contributed by atoms with Crippen molar-refractivity contribution in [1.29, 1.82) is 0 Å². The van der Waals surface area contributed by atoms with E-state index in [4.69, 9.17) is 16.3 Å². The molecule has 0 aliphatic carbocycles. The first kappa shape index (κ1) is 11.2. The minimum absolute atomic E-state index is 0.0266. The summed E-state index contributed by atoms with van der Waals surface area (Å²) in [4.78, 5) is 4.51. The molecule has 4 heteroatoms. The fraction of sp³-hybridized carbons (Fsp3) is 0.364. The van der Waals surface area contributed by atoms with E-state index in [1.54, 1.807) is 0 Å². The second-order valence-electron chi connectivity index (χ2n) is 3.36. The van der Waals surface area contributed by atoms with Gasteiger partial charge in [-0.1, -0.05) is 0 Å². The Labute approximate surface area is 101 Å². The van der Waals surface area contributed by atoms with Crippen LogP contribution in [0.3, 0.4) is 0 Å². The zero-order chi connectivity index (χ0) is 10.8. The van der Waals surface area contributed by atoms with Crippen LogP contribution in [0.25, 0.3) is 0 Å². The van der Waals surface area contributed by atoms with E-state index in [1.807, 2.05) is 31.2 Å². The van der Waals surface area contributed by atoms with Crippen molar-refractivity contribution in [3.63, 3.8) is 0 Å². The summed E-state index contributed by atoms with van der Waals surface area (Å²) in [5.74, 6) is 0. The van der Waals surface area contributed by atoms with E-state index in [1.165, 1.54) is 10.2 Å². The summed E-state index contributed by atoms with van der Waals surface area (Å²) in [5, 5.41) is 1.07. The molecule has 1 heterocycles. The zero-order valence-corrected chi connectivity index (χ0v) is 11.1. The molecule has 15 heavy (non-hydrogen) atoms. The van der Waals surface area contributed by atoms with Gasteiger partial charge in [0, 0.05) is 0 Å². The summed E-state index contributed by atoms with van der Waals surface area (Å²) in [6.07, 6.45) is -0.0266. The number of ether oxygens (including phenoxy) is 1. The molecule has 2 nitrogen and oxygen atoms in total. The topological polar surface area (TPSA) is 21.6 Å². The summed E-state index contributed by atoms with van der Waals surface area (Å²) in [5.41, 5.74) is 1.17. The fourth-order valence-corrected chi connectivity index (χ4v) is 3.67. The maximum atomic E-state index is 5.85. The van der Waals surface area contributed by atoms with Crippen LogP contribution in [0.15, 0.2) is 29.3 Å². The first-order chi connectivity index (χ1) is 7.15. The molecular formula is C11H12ClNOSe. The van der Waals surface area contributed by atoms with Gasteiger partial charge in [-0.25, -0.2) is 0 Å². The van der Waals surface area contributed by atoms with E-state index < -0.39 is 0 Å². The Balaban J connectivity index is 2.26. The standard InChI is InChI=1S/C11H12ClNOSe/c1-7-13-11(15-8(2)14-7)9-3-5-10(12)6-4-9/h3-8H,1-2H3. The van der Waals surface area contributed by atoms with Crippen LogP contribution in [0.4, 0.5) is 0 Å². The molecule has 0 saturated carbocycles. The summed E-state index contributed by atoms with van der Waals surface area (Å²) in [6, 6.07) is 7.85. The van der Waals surface area contributed by atoms with Gasteiger partial charge in [0.15, 0.2) is 0 Å². The Hall–Kier alpha value is -0.341. The van der Waals surface area contributed by atoms with Gasteiger partial charge >= 0.3 is 101 Å². The molecule has 1 aromatic carbocycles. The van der Waals surface area contributed by atoms with Crippen LogP contribution in [0.1, 0.15) is 19.4 Å². The van der Waals surface area contributed by atoms with Crippen molar-refractivity contribution in [2.24, 2.45) is 4.99 Å². The van der Waals surface area contributed by atoms with Gasteiger partial charge in [0.1, 0.15) is 0 Å². The Morgan fingerprint density at radius 1 is 1.27 bits per heavy atom. The van der Waals surface area contributed by atoms with Crippen molar-refractivity contribution in [2.75, 3.05) is 0 Å². The van der Waals surface area contributed by atoms with Crippen LogP contribution < -0.4 is 0 Å². The SMILES string of the molecule is CC1N=C(c2ccc(Cl)cc2)[Se]C(C)O1. The van der Waals surface area contributed by atoms with Crippen molar-refractivity contribution in [2.45, 2.75) is 25.1 Å². The fourth-order valence-electron chi connectivity index (χ4n) is 1.42. The van der Waals surface area contributed by atoms with Crippen molar-refractivity contribution < 1.29 is 4.74 Å². The average molecular weight is 289 g/mol. The summed E-state index contributed by atoms with van der Waals surface area (Å²) in [6.45, 7) is 4.07. The van der Waals surface area contributed by atoms with E-state index in [0.29, 0.717) is 20.0 Å². The molecule has 1 aliphatic heterocycles. The number of hydrogen-bond acceptors (Lipinski definition) is 2. The van der Waals surface area contributed by atoms with Crippen LogP contribution in [0.2, 0.25) is 5.02 Å². The normalized spacial score (nSPS) is 26.2.